The summed E-state index contributed by atoms with van der Waals surface area (Å²) in [4.78, 5) is 0. The third-order valence-corrected chi connectivity index (χ3v) is 3.21. The smallest absolute Gasteiger partial charge is 0.0346 e. The average molecular weight is 290 g/mol. The lowest BCUT2D eigenvalue weighted by atomic mass is 10.1. The van der Waals surface area contributed by atoms with E-state index in [0.717, 1.165) is 23.9 Å². The van der Waals surface area contributed by atoms with Crippen LogP contribution in [-0.2, 0) is 0 Å². The number of benzene rings is 2. The molecule has 2 aromatic rings. The van der Waals surface area contributed by atoms with Gasteiger partial charge in [-0.15, -0.1) is 6.58 Å². The number of hydrogen-bond acceptors (Lipinski definition) is 1. The summed E-state index contributed by atoms with van der Waals surface area (Å²) in [6, 6.07) is 12.8. The Morgan fingerprint density at radius 3 is 2.71 bits per heavy atom. The molecule has 0 aliphatic heterocycles. The molecule has 1 N–H and O–H groups in total. The van der Waals surface area contributed by atoms with Gasteiger partial charge in [-0.25, -0.2) is 0 Å². The van der Waals surface area contributed by atoms with Crippen LogP contribution in [0.1, 0.15) is 12.8 Å². The van der Waals surface area contributed by atoms with E-state index in [9.17, 15) is 0 Å². The number of rotatable bonds is 5. The third kappa shape index (κ3) is 3.34. The van der Waals surface area contributed by atoms with Crippen molar-refractivity contribution in [2.24, 2.45) is 0 Å². The van der Waals surface area contributed by atoms with Crippen molar-refractivity contribution in [2.75, 3.05) is 11.9 Å². The fourth-order valence-corrected chi connectivity index (χ4v) is 2.18. The normalized spacial score (nSPS) is 10.4. The SMILES string of the molecule is C=CCCCNc1ccc2cc(Br)ccc2c1. The van der Waals surface area contributed by atoms with Crippen molar-refractivity contribution >= 4 is 32.4 Å². The van der Waals surface area contributed by atoms with Gasteiger partial charge in [-0.2, -0.15) is 0 Å². The zero-order valence-electron chi connectivity index (χ0n) is 9.75. The highest BCUT2D eigenvalue weighted by Gasteiger charge is 1.97. The van der Waals surface area contributed by atoms with Crippen molar-refractivity contribution in [1.82, 2.24) is 0 Å². The molecule has 0 atom stereocenters. The van der Waals surface area contributed by atoms with E-state index >= 15 is 0 Å². The molecule has 0 fully saturated rings. The molecule has 2 heteroatoms. The molecular formula is C15H16BrN. The molecular weight excluding hydrogens is 274 g/mol. The molecule has 0 amide bonds. The van der Waals surface area contributed by atoms with Crippen molar-refractivity contribution in [3.63, 3.8) is 0 Å². The summed E-state index contributed by atoms with van der Waals surface area (Å²) in [7, 11) is 0. The fraction of sp³-hybridized carbons (Fsp3) is 0.200. The topological polar surface area (TPSA) is 12.0 Å². The Morgan fingerprint density at radius 1 is 1.12 bits per heavy atom. The lowest BCUT2D eigenvalue weighted by Crippen LogP contribution is -2.00. The van der Waals surface area contributed by atoms with E-state index in [1.807, 2.05) is 6.08 Å². The molecule has 88 valence electrons. The molecule has 0 aromatic heterocycles. The molecule has 2 aromatic carbocycles. The van der Waals surface area contributed by atoms with Gasteiger partial charge in [0.1, 0.15) is 0 Å². The molecule has 0 heterocycles. The minimum Gasteiger partial charge on any atom is -0.385 e. The summed E-state index contributed by atoms with van der Waals surface area (Å²) >= 11 is 3.49. The van der Waals surface area contributed by atoms with Gasteiger partial charge < -0.3 is 5.32 Å². The van der Waals surface area contributed by atoms with Crippen LogP contribution in [0.5, 0.6) is 0 Å². The maximum absolute atomic E-state index is 3.72. The summed E-state index contributed by atoms with van der Waals surface area (Å²) in [6.45, 7) is 4.72. The molecule has 2 rings (SSSR count). The number of nitrogens with one attached hydrogen (secondary N) is 1. The van der Waals surface area contributed by atoms with Gasteiger partial charge in [-0.3, -0.25) is 0 Å². The van der Waals surface area contributed by atoms with Crippen LogP contribution < -0.4 is 5.32 Å². The monoisotopic (exact) mass is 289 g/mol. The highest BCUT2D eigenvalue weighted by Crippen LogP contribution is 2.22. The second kappa shape index (κ2) is 5.87. The Kier molecular flexibility index (Phi) is 4.21. The van der Waals surface area contributed by atoms with E-state index in [-0.39, 0.29) is 0 Å². The lowest BCUT2D eigenvalue weighted by molar-refractivity contribution is 0.891. The Bertz CT molecular complexity index is 519. The lowest BCUT2D eigenvalue weighted by Gasteiger charge is -2.07. The van der Waals surface area contributed by atoms with E-state index in [1.165, 1.54) is 16.5 Å². The standard InChI is InChI=1S/C15H16BrN/c1-2-3-4-9-17-15-8-6-12-10-14(16)7-5-13(12)11-15/h2,5-8,10-11,17H,1,3-4,9H2. The average Bonchev–Trinajstić information content (AvgIpc) is 2.35. The van der Waals surface area contributed by atoms with Gasteiger partial charge in [0, 0.05) is 16.7 Å². The number of hydrogen-bond donors (Lipinski definition) is 1. The maximum atomic E-state index is 3.72. The molecule has 0 aliphatic rings. The van der Waals surface area contributed by atoms with Gasteiger partial charge in [0.05, 0.1) is 0 Å². The van der Waals surface area contributed by atoms with E-state index < -0.39 is 0 Å². The first-order valence-corrected chi connectivity index (χ1v) is 6.63. The van der Waals surface area contributed by atoms with Crippen molar-refractivity contribution in [2.45, 2.75) is 12.8 Å². The Hall–Kier alpha value is -1.28. The Balaban J connectivity index is 2.09. The second-order valence-corrected chi connectivity index (χ2v) is 4.98. The molecule has 17 heavy (non-hydrogen) atoms. The molecule has 0 saturated heterocycles. The highest BCUT2D eigenvalue weighted by atomic mass is 79.9. The van der Waals surface area contributed by atoms with E-state index in [1.54, 1.807) is 0 Å². The third-order valence-electron chi connectivity index (χ3n) is 2.72. The summed E-state index contributed by atoms with van der Waals surface area (Å²) in [5.41, 5.74) is 1.18. The van der Waals surface area contributed by atoms with E-state index in [0.29, 0.717) is 0 Å². The predicted octanol–water partition coefficient (Wildman–Crippen LogP) is 4.98. The molecule has 0 radical (unpaired) electrons. The summed E-state index contributed by atoms with van der Waals surface area (Å²) in [5, 5.41) is 5.95. The van der Waals surface area contributed by atoms with Crippen LogP contribution in [-0.4, -0.2) is 6.54 Å². The first kappa shape index (κ1) is 12.2. The van der Waals surface area contributed by atoms with Crippen LogP contribution >= 0.6 is 15.9 Å². The van der Waals surface area contributed by atoms with Crippen LogP contribution in [0, 0.1) is 0 Å². The van der Waals surface area contributed by atoms with Crippen molar-refractivity contribution < 1.29 is 0 Å². The van der Waals surface area contributed by atoms with Crippen molar-refractivity contribution in [3.8, 4) is 0 Å². The first-order chi connectivity index (χ1) is 8.29. The largest absolute Gasteiger partial charge is 0.385 e. The van der Waals surface area contributed by atoms with Crippen LogP contribution in [0.2, 0.25) is 0 Å². The number of halogens is 1. The van der Waals surface area contributed by atoms with Gasteiger partial charge in [-0.05, 0) is 47.9 Å². The van der Waals surface area contributed by atoms with Crippen molar-refractivity contribution in [1.29, 1.82) is 0 Å². The maximum Gasteiger partial charge on any atom is 0.0346 e. The minimum atomic E-state index is 0.994. The molecule has 0 spiro atoms. The Labute approximate surface area is 111 Å². The highest BCUT2D eigenvalue weighted by molar-refractivity contribution is 9.10. The molecule has 0 saturated carbocycles. The zero-order chi connectivity index (χ0) is 12.1. The minimum absolute atomic E-state index is 0.994. The fourth-order valence-electron chi connectivity index (χ4n) is 1.81. The van der Waals surface area contributed by atoms with Crippen LogP contribution in [0.25, 0.3) is 10.8 Å². The molecule has 0 aliphatic carbocycles. The van der Waals surface area contributed by atoms with E-state index in [4.69, 9.17) is 0 Å². The van der Waals surface area contributed by atoms with Crippen molar-refractivity contribution in [3.05, 3.63) is 53.5 Å². The number of unbranched alkanes of at least 4 members (excludes halogenated alkanes) is 1. The van der Waals surface area contributed by atoms with Gasteiger partial charge in [0.15, 0.2) is 0 Å². The number of fused-ring (bicyclic) bond motifs is 1. The van der Waals surface area contributed by atoms with Gasteiger partial charge in [0.2, 0.25) is 0 Å². The summed E-state index contributed by atoms with van der Waals surface area (Å²) in [5.74, 6) is 0. The van der Waals surface area contributed by atoms with Gasteiger partial charge >= 0.3 is 0 Å². The number of allylic oxidation sites excluding steroid dienone is 1. The second-order valence-electron chi connectivity index (χ2n) is 4.06. The van der Waals surface area contributed by atoms with E-state index in [2.05, 4.69) is 64.2 Å². The number of anilines is 1. The van der Waals surface area contributed by atoms with Gasteiger partial charge in [-0.1, -0.05) is 34.1 Å². The quantitative estimate of drug-likeness (QED) is 0.605. The Morgan fingerprint density at radius 2 is 1.88 bits per heavy atom. The predicted molar refractivity (Wildman–Crippen MR) is 79.6 cm³/mol. The van der Waals surface area contributed by atoms with Crippen LogP contribution in [0.15, 0.2) is 53.5 Å². The first-order valence-electron chi connectivity index (χ1n) is 5.84. The molecule has 0 unspecified atom stereocenters. The summed E-state index contributed by atoms with van der Waals surface area (Å²) in [6.07, 6.45) is 4.15. The van der Waals surface area contributed by atoms with Crippen LogP contribution in [0.4, 0.5) is 5.69 Å². The van der Waals surface area contributed by atoms with Crippen LogP contribution in [0.3, 0.4) is 0 Å². The molecule has 0 bridgehead atoms. The zero-order valence-corrected chi connectivity index (χ0v) is 11.3. The van der Waals surface area contributed by atoms with Gasteiger partial charge in [0.25, 0.3) is 0 Å². The molecule has 1 nitrogen and oxygen atoms in total. The summed E-state index contributed by atoms with van der Waals surface area (Å²) < 4.78 is 1.12.